The Morgan fingerprint density at radius 3 is 2.81 bits per heavy atom. The Labute approximate surface area is 156 Å². The van der Waals surface area contributed by atoms with Crippen LogP contribution in [0.2, 0.25) is 0 Å². The van der Waals surface area contributed by atoms with Crippen molar-refractivity contribution < 1.29 is 9.53 Å². The second kappa shape index (κ2) is 7.75. The number of carbonyl (C=O) groups is 1. The van der Waals surface area contributed by atoms with Crippen LogP contribution in [-0.2, 0) is 22.6 Å². The molecule has 0 aliphatic carbocycles. The average molecular weight is 366 g/mol. The molecular formula is C20H22N4O3. The summed E-state index contributed by atoms with van der Waals surface area (Å²) in [5.74, 6) is -0.0965. The van der Waals surface area contributed by atoms with Gasteiger partial charge in [-0.1, -0.05) is 30.3 Å². The van der Waals surface area contributed by atoms with Gasteiger partial charge in [0.1, 0.15) is 0 Å². The quantitative estimate of drug-likeness (QED) is 0.715. The van der Waals surface area contributed by atoms with E-state index in [0.717, 1.165) is 17.5 Å². The third-order valence-corrected chi connectivity index (χ3v) is 4.89. The minimum absolute atomic E-state index is 0.0125. The van der Waals surface area contributed by atoms with E-state index in [-0.39, 0.29) is 17.5 Å². The number of ether oxygens (including phenoxy) is 1. The lowest BCUT2D eigenvalue weighted by atomic mass is 10.1. The van der Waals surface area contributed by atoms with E-state index in [1.165, 1.54) is 0 Å². The molecule has 1 aromatic carbocycles. The van der Waals surface area contributed by atoms with Crippen LogP contribution < -0.4 is 11.0 Å². The summed E-state index contributed by atoms with van der Waals surface area (Å²) in [5.41, 5.74) is 2.36. The van der Waals surface area contributed by atoms with Crippen molar-refractivity contribution in [1.29, 1.82) is 0 Å². The van der Waals surface area contributed by atoms with Crippen molar-refractivity contribution in [3.05, 3.63) is 64.7 Å². The van der Waals surface area contributed by atoms with Gasteiger partial charge in [-0.3, -0.25) is 13.9 Å². The lowest BCUT2D eigenvalue weighted by Gasteiger charge is -2.09. The van der Waals surface area contributed by atoms with Gasteiger partial charge in [0.2, 0.25) is 5.91 Å². The molecule has 7 heteroatoms. The predicted octanol–water partition coefficient (Wildman–Crippen LogP) is 1.40. The van der Waals surface area contributed by atoms with Crippen molar-refractivity contribution in [2.24, 2.45) is 5.92 Å². The van der Waals surface area contributed by atoms with Crippen LogP contribution >= 0.6 is 0 Å². The van der Waals surface area contributed by atoms with Crippen molar-refractivity contribution in [1.82, 2.24) is 19.4 Å². The standard InChI is InChI=1S/C20H22N4O3/c25-19(16-8-12-27-14-16)22-10-11-23-18-17(7-4-9-21-18)24(20(23)26)13-15-5-2-1-3-6-15/h1-7,9,16H,8,10-14H2,(H,22,25)/t16-/m1/s1. The number of nitrogens with one attached hydrogen (secondary N) is 1. The number of aromatic nitrogens is 3. The summed E-state index contributed by atoms with van der Waals surface area (Å²) in [6.45, 7) is 2.36. The van der Waals surface area contributed by atoms with Gasteiger partial charge in [-0.25, -0.2) is 9.78 Å². The van der Waals surface area contributed by atoms with Crippen LogP contribution in [0.5, 0.6) is 0 Å². The van der Waals surface area contributed by atoms with E-state index >= 15 is 0 Å². The highest BCUT2D eigenvalue weighted by molar-refractivity contribution is 5.79. The molecule has 4 rings (SSSR count). The number of hydrogen-bond acceptors (Lipinski definition) is 4. The van der Waals surface area contributed by atoms with Crippen LogP contribution in [0.1, 0.15) is 12.0 Å². The Morgan fingerprint density at radius 1 is 1.19 bits per heavy atom. The van der Waals surface area contributed by atoms with Gasteiger partial charge < -0.3 is 10.1 Å². The molecule has 0 unspecified atom stereocenters. The Kier molecular flexibility index (Phi) is 5.02. The van der Waals surface area contributed by atoms with Crippen molar-refractivity contribution in [2.75, 3.05) is 19.8 Å². The first-order chi connectivity index (χ1) is 13.2. The van der Waals surface area contributed by atoms with Crippen molar-refractivity contribution >= 4 is 17.1 Å². The van der Waals surface area contributed by atoms with Gasteiger partial charge in [0.25, 0.3) is 0 Å². The number of rotatable bonds is 6. The maximum absolute atomic E-state index is 13.0. The van der Waals surface area contributed by atoms with Gasteiger partial charge in [-0.15, -0.1) is 0 Å². The van der Waals surface area contributed by atoms with Crippen LogP contribution in [0.3, 0.4) is 0 Å². The fourth-order valence-corrected chi connectivity index (χ4v) is 3.44. The Balaban J connectivity index is 1.54. The molecular weight excluding hydrogens is 344 g/mol. The van der Waals surface area contributed by atoms with Gasteiger partial charge in [-0.05, 0) is 24.1 Å². The van der Waals surface area contributed by atoms with E-state index < -0.39 is 0 Å². The summed E-state index contributed by atoms with van der Waals surface area (Å²) < 4.78 is 8.61. The number of imidazole rings is 1. The minimum Gasteiger partial charge on any atom is -0.381 e. The van der Waals surface area contributed by atoms with Crippen LogP contribution in [0.15, 0.2) is 53.5 Å². The normalized spacial score (nSPS) is 16.7. The van der Waals surface area contributed by atoms with Crippen LogP contribution in [0, 0.1) is 5.92 Å². The molecule has 1 amide bonds. The molecule has 1 saturated heterocycles. The first-order valence-electron chi connectivity index (χ1n) is 9.17. The van der Waals surface area contributed by atoms with Gasteiger partial charge in [0.05, 0.1) is 24.6 Å². The zero-order valence-corrected chi connectivity index (χ0v) is 15.0. The fraction of sp³-hybridized carbons (Fsp3) is 0.350. The summed E-state index contributed by atoms with van der Waals surface area (Å²) in [6.07, 6.45) is 2.43. The molecule has 7 nitrogen and oxygen atoms in total. The Bertz CT molecular complexity index is 987. The molecule has 0 spiro atoms. The summed E-state index contributed by atoms with van der Waals surface area (Å²) in [4.78, 5) is 29.5. The summed E-state index contributed by atoms with van der Waals surface area (Å²) in [6, 6.07) is 13.6. The lowest BCUT2D eigenvalue weighted by molar-refractivity contribution is -0.124. The summed E-state index contributed by atoms with van der Waals surface area (Å²) >= 11 is 0. The van der Waals surface area contributed by atoms with Gasteiger partial charge >= 0.3 is 5.69 Å². The lowest BCUT2D eigenvalue weighted by Crippen LogP contribution is -2.35. The first-order valence-corrected chi connectivity index (χ1v) is 9.17. The molecule has 1 aliphatic heterocycles. The average Bonchev–Trinajstić information content (AvgIpc) is 3.32. The third-order valence-electron chi connectivity index (χ3n) is 4.89. The van der Waals surface area contributed by atoms with Crippen molar-refractivity contribution in [3.8, 4) is 0 Å². The Morgan fingerprint density at radius 2 is 2.04 bits per heavy atom. The van der Waals surface area contributed by atoms with E-state index in [1.54, 1.807) is 15.3 Å². The summed E-state index contributed by atoms with van der Waals surface area (Å²) in [7, 11) is 0. The number of benzene rings is 1. The van der Waals surface area contributed by atoms with E-state index in [1.807, 2.05) is 42.5 Å². The number of carbonyl (C=O) groups excluding carboxylic acids is 1. The maximum atomic E-state index is 13.0. The SMILES string of the molecule is O=C(NCCn1c(=O)n(Cc2ccccc2)c2cccnc21)[C@@H]1CCOC1. The molecule has 140 valence electrons. The number of nitrogens with zero attached hydrogens (tertiary/aromatic N) is 3. The molecule has 1 fully saturated rings. The Hall–Kier alpha value is -2.93. The smallest absolute Gasteiger partial charge is 0.330 e. The molecule has 0 radical (unpaired) electrons. The fourth-order valence-electron chi connectivity index (χ4n) is 3.44. The molecule has 1 aliphatic rings. The van der Waals surface area contributed by atoms with Gasteiger partial charge in [0, 0.05) is 25.9 Å². The highest BCUT2D eigenvalue weighted by Gasteiger charge is 2.23. The molecule has 1 N–H and O–H groups in total. The predicted molar refractivity (Wildman–Crippen MR) is 101 cm³/mol. The van der Waals surface area contributed by atoms with Crippen LogP contribution in [0.25, 0.3) is 11.2 Å². The van der Waals surface area contributed by atoms with Crippen molar-refractivity contribution in [2.45, 2.75) is 19.5 Å². The highest BCUT2D eigenvalue weighted by Crippen LogP contribution is 2.13. The van der Waals surface area contributed by atoms with E-state index in [4.69, 9.17) is 4.74 Å². The van der Waals surface area contributed by atoms with E-state index in [0.29, 0.717) is 38.5 Å². The minimum atomic E-state index is -0.119. The largest absolute Gasteiger partial charge is 0.381 e. The zero-order valence-electron chi connectivity index (χ0n) is 15.0. The molecule has 27 heavy (non-hydrogen) atoms. The first kappa shape index (κ1) is 17.5. The van der Waals surface area contributed by atoms with Crippen molar-refractivity contribution in [3.63, 3.8) is 0 Å². The van der Waals surface area contributed by atoms with E-state index in [9.17, 15) is 9.59 Å². The number of fused-ring (bicyclic) bond motifs is 1. The molecule has 1 atom stereocenters. The molecule has 0 saturated carbocycles. The number of hydrogen-bond donors (Lipinski definition) is 1. The van der Waals surface area contributed by atoms with Gasteiger partial charge in [0.15, 0.2) is 5.65 Å². The van der Waals surface area contributed by atoms with Gasteiger partial charge in [-0.2, -0.15) is 0 Å². The second-order valence-corrected chi connectivity index (χ2v) is 6.70. The molecule has 3 aromatic rings. The number of amides is 1. The number of pyridine rings is 1. The van der Waals surface area contributed by atoms with Crippen LogP contribution in [-0.4, -0.2) is 39.8 Å². The molecule has 2 aromatic heterocycles. The summed E-state index contributed by atoms with van der Waals surface area (Å²) in [5, 5.41) is 2.91. The zero-order chi connectivity index (χ0) is 18.6. The maximum Gasteiger partial charge on any atom is 0.330 e. The van der Waals surface area contributed by atoms with E-state index in [2.05, 4.69) is 10.3 Å². The molecule has 0 bridgehead atoms. The molecule has 3 heterocycles. The highest BCUT2D eigenvalue weighted by atomic mass is 16.5. The monoisotopic (exact) mass is 366 g/mol. The topological polar surface area (TPSA) is 78.2 Å². The second-order valence-electron chi connectivity index (χ2n) is 6.70. The van der Waals surface area contributed by atoms with Crippen LogP contribution in [0.4, 0.5) is 0 Å². The third kappa shape index (κ3) is 3.64.